The zero-order valence-electron chi connectivity index (χ0n) is 19.2. The number of nitrogens with one attached hydrogen (secondary N) is 2. The van der Waals surface area contributed by atoms with Crippen LogP contribution in [0.25, 0.3) is 0 Å². The Hall–Kier alpha value is -3.64. The second kappa shape index (κ2) is 9.88. The van der Waals surface area contributed by atoms with Crippen LogP contribution in [0.5, 0.6) is 5.75 Å². The lowest BCUT2D eigenvalue weighted by atomic mass is 9.96. The van der Waals surface area contributed by atoms with Crippen molar-refractivity contribution in [3.05, 3.63) is 106 Å². The van der Waals surface area contributed by atoms with Crippen LogP contribution in [-0.2, 0) is 0 Å². The van der Waals surface area contributed by atoms with Gasteiger partial charge in [-0.25, -0.2) is 4.98 Å². The number of anilines is 2. The molecule has 2 N–H and O–H groups in total. The quantitative estimate of drug-likeness (QED) is 0.331. The van der Waals surface area contributed by atoms with Crippen LogP contribution in [-0.4, -0.2) is 18.0 Å². The van der Waals surface area contributed by atoms with E-state index in [0.29, 0.717) is 5.56 Å². The Labute approximate surface area is 198 Å². The molecule has 0 aliphatic rings. The fraction of sp³-hybridized carbons (Fsp3) is 0.185. The maximum Gasteiger partial charge on any atom is 0.256 e. The van der Waals surface area contributed by atoms with Gasteiger partial charge in [0.05, 0.1) is 13.2 Å². The van der Waals surface area contributed by atoms with Gasteiger partial charge in [-0.2, -0.15) is 0 Å². The number of hydrogen-bond donors (Lipinski definition) is 2. The molecular formula is C27H27N3O2S. The van der Waals surface area contributed by atoms with Crippen molar-refractivity contribution in [2.75, 3.05) is 17.7 Å². The molecule has 33 heavy (non-hydrogen) atoms. The van der Waals surface area contributed by atoms with Crippen molar-refractivity contribution in [2.24, 2.45) is 0 Å². The van der Waals surface area contributed by atoms with Crippen molar-refractivity contribution in [3.8, 4) is 5.75 Å². The van der Waals surface area contributed by atoms with Crippen molar-refractivity contribution < 1.29 is 9.53 Å². The third-order valence-corrected chi connectivity index (χ3v) is 6.75. The Morgan fingerprint density at radius 1 is 0.939 bits per heavy atom. The average Bonchev–Trinajstić information content (AvgIpc) is 3.11. The molecule has 0 spiro atoms. The van der Waals surface area contributed by atoms with Crippen LogP contribution in [0, 0.1) is 20.8 Å². The number of aromatic nitrogens is 1. The summed E-state index contributed by atoms with van der Waals surface area (Å²) in [6.07, 6.45) is 0. The normalized spacial score (nSPS) is 11.6. The second-order valence-electron chi connectivity index (χ2n) is 7.86. The van der Waals surface area contributed by atoms with Gasteiger partial charge >= 0.3 is 0 Å². The van der Waals surface area contributed by atoms with E-state index in [4.69, 9.17) is 4.74 Å². The Morgan fingerprint density at radius 2 is 1.67 bits per heavy atom. The molecule has 0 saturated heterocycles. The molecule has 6 heteroatoms. The largest absolute Gasteiger partial charge is 0.497 e. The number of hydrogen-bond acceptors (Lipinski definition) is 5. The van der Waals surface area contributed by atoms with E-state index in [1.165, 1.54) is 0 Å². The highest BCUT2D eigenvalue weighted by atomic mass is 32.1. The number of methoxy groups -OCH3 is 1. The number of carbonyl (C=O) groups excluding carboxylic acids is 1. The summed E-state index contributed by atoms with van der Waals surface area (Å²) in [4.78, 5) is 18.8. The highest BCUT2D eigenvalue weighted by Gasteiger charge is 2.25. The van der Waals surface area contributed by atoms with Crippen LogP contribution >= 0.6 is 11.3 Å². The fourth-order valence-electron chi connectivity index (χ4n) is 3.74. The van der Waals surface area contributed by atoms with Gasteiger partial charge in [0.25, 0.3) is 5.91 Å². The Kier molecular flexibility index (Phi) is 6.75. The molecule has 2 aromatic heterocycles. The molecular weight excluding hydrogens is 430 g/mol. The number of rotatable bonds is 7. The molecule has 0 unspecified atom stereocenters. The van der Waals surface area contributed by atoms with Crippen molar-refractivity contribution in [1.29, 1.82) is 0 Å². The van der Waals surface area contributed by atoms with Crippen LogP contribution < -0.4 is 15.4 Å². The van der Waals surface area contributed by atoms with Gasteiger partial charge in [0.2, 0.25) is 0 Å². The summed E-state index contributed by atoms with van der Waals surface area (Å²) in [7, 11) is 1.66. The lowest BCUT2D eigenvalue weighted by molar-refractivity contribution is 0.102. The van der Waals surface area contributed by atoms with E-state index in [9.17, 15) is 4.79 Å². The lowest BCUT2D eigenvalue weighted by Crippen LogP contribution is -2.18. The number of carbonyl (C=O) groups is 1. The van der Waals surface area contributed by atoms with E-state index >= 15 is 0 Å². The van der Waals surface area contributed by atoms with Gasteiger partial charge in [-0.3, -0.25) is 4.79 Å². The number of thiophene rings is 1. The maximum atomic E-state index is 13.0. The van der Waals surface area contributed by atoms with E-state index in [-0.39, 0.29) is 11.9 Å². The molecule has 2 heterocycles. The van der Waals surface area contributed by atoms with Crippen LogP contribution in [0.2, 0.25) is 0 Å². The third-order valence-electron chi connectivity index (χ3n) is 5.61. The van der Waals surface area contributed by atoms with Gasteiger partial charge in [0.15, 0.2) is 0 Å². The Morgan fingerprint density at radius 3 is 2.33 bits per heavy atom. The first-order chi connectivity index (χ1) is 16.0. The number of nitrogens with zero attached hydrogens (tertiary/aromatic N) is 1. The summed E-state index contributed by atoms with van der Waals surface area (Å²) in [6.45, 7) is 6.15. The summed E-state index contributed by atoms with van der Waals surface area (Å²) < 4.78 is 5.35. The van der Waals surface area contributed by atoms with Gasteiger partial charge in [-0.15, -0.1) is 11.3 Å². The van der Waals surface area contributed by atoms with Gasteiger partial charge in [0.1, 0.15) is 16.6 Å². The molecule has 168 valence electrons. The monoisotopic (exact) mass is 457 g/mol. The van der Waals surface area contributed by atoms with E-state index in [1.54, 1.807) is 18.4 Å². The Balaban J connectivity index is 1.78. The molecule has 1 amide bonds. The van der Waals surface area contributed by atoms with Crippen molar-refractivity contribution in [2.45, 2.75) is 26.8 Å². The Bertz CT molecular complexity index is 1250. The standard InChI is InChI=1S/C27H27N3O2S/c1-17-9-8-12-23(28-17)29-25(20-13-15-22(32-4)16-14-20)24-18(2)19(3)33-27(24)30-26(31)21-10-6-5-7-11-21/h5-16,25H,1-4H3,(H,28,29)(H,30,31)/t25-/m0/s1. The number of amides is 1. The molecule has 0 bridgehead atoms. The molecule has 5 nitrogen and oxygen atoms in total. The summed E-state index contributed by atoms with van der Waals surface area (Å²) >= 11 is 1.59. The van der Waals surface area contributed by atoms with E-state index in [2.05, 4.69) is 29.5 Å². The summed E-state index contributed by atoms with van der Waals surface area (Å²) in [5.74, 6) is 1.45. The van der Waals surface area contributed by atoms with Gasteiger partial charge < -0.3 is 15.4 Å². The van der Waals surface area contributed by atoms with E-state index < -0.39 is 0 Å². The second-order valence-corrected chi connectivity index (χ2v) is 9.09. The topological polar surface area (TPSA) is 63.2 Å². The third kappa shape index (κ3) is 5.07. The first kappa shape index (κ1) is 22.6. The molecule has 2 aromatic carbocycles. The molecule has 4 aromatic rings. The van der Waals surface area contributed by atoms with E-state index in [1.807, 2.05) is 79.7 Å². The summed E-state index contributed by atoms with van der Waals surface area (Å²) in [6, 6.07) is 23.0. The zero-order chi connectivity index (χ0) is 23.4. The molecule has 1 atom stereocenters. The summed E-state index contributed by atoms with van der Waals surface area (Å²) in [5, 5.41) is 7.59. The van der Waals surface area contributed by atoms with E-state index in [0.717, 1.165) is 43.8 Å². The minimum absolute atomic E-state index is 0.125. The predicted octanol–water partition coefficient (Wildman–Crippen LogP) is 6.53. The highest BCUT2D eigenvalue weighted by Crippen LogP contribution is 2.41. The van der Waals surface area contributed by atoms with Gasteiger partial charge in [0, 0.05) is 21.7 Å². The SMILES string of the molecule is COc1ccc([C@H](Nc2cccc(C)n2)c2c(NC(=O)c3ccccc3)sc(C)c2C)cc1. The smallest absolute Gasteiger partial charge is 0.256 e. The van der Waals surface area contributed by atoms with Gasteiger partial charge in [-0.05, 0) is 68.3 Å². The molecule has 0 saturated carbocycles. The number of ether oxygens (including phenoxy) is 1. The van der Waals surface area contributed by atoms with Crippen LogP contribution in [0.15, 0.2) is 72.8 Å². The molecule has 0 aliphatic heterocycles. The first-order valence-electron chi connectivity index (χ1n) is 10.8. The van der Waals surface area contributed by atoms with Gasteiger partial charge in [-0.1, -0.05) is 36.4 Å². The van der Waals surface area contributed by atoms with Crippen molar-refractivity contribution >= 4 is 28.1 Å². The van der Waals surface area contributed by atoms with Crippen molar-refractivity contribution in [1.82, 2.24) is 4.98 Å². The lowest BCUT2D eigenvalue weighted by Gasteiger charge is -2.23. The minimum Gasteiger partial charge on any atom is -0.497 e. The molecule has 0 aliphatic carbocycles. The minimum atomic E-state index is -0.207. The maximum absolute atomic E-state index is 13.0. The number of benzene rings is 2. The van der Waals surface area contributed by atoms with Crippen molar-refractivity contribution in [3.63, 3.8) is 0 Å². The number of pyridine rings is 1. The summed E-state index contributed by atoms with van der Waals surface area (Å²) in [5.41, 5.74) is 4.79. The average molecular weight is 458 g/mol. The van der Waals surface area contributed by atoms with Crippen LogP contribution in [0.3, 0.4) is 0 Å². The zero-order valence-corrected chi connectivity index (χ0v) is 20.0. The first-order valence-corrected chi connectivity index (χ1v) is 11.6. The molecule has 0 fully saturated rings. The number of aryl methyl sites for hydroxylation is 2. The van der Waals surface area contributed by atoms with Crippen LogP contribution in [0.4, 0.5) is 10.8 Å². The fourth-order valence-corrected chi connectivity index (χ4v) is 4.83. The molecule has 0 radical (unpaired) electrons. The predicted molar refractivity (Wildman–Crippen MR) is 136 cm³/mol. The highest BCUT2D eigenvalue weighted by molar-refractivity contribution is 7.16. The molecule has 4 rings (SSSR count). The van der Waals surface area contributed by atoms with Crippen LogP contribution in [0.1, 0.15) is 43.7 Å².